The quantitative estimate of drug-likeness (QED) is 0.419. The van der Waals surface area contributed by atoms with Crippen molar-refractivity contribution >= 4 is 60.0 Å². The first-order valence-corrected chi connectivity index (χ1v) is 28.3. The van der Waals surface area contributed by atoms with E-state index in [2.05, 4.69) is 0 Å². The maximum absolute atomic E-state index is 1.95. The Balaban J connectivity index is 0.000000321. The molecule has 5 bridgehead atoms. The van der Waals surface area contributed by atoms with Crippen LogP contribution in [0.2, 0.25) is 0 Å². The minimum atomic E-state index is -0.0134. The Morgan fingerprint density at radius 1 is 1.10 bits per heavy atom. The van der Waals surface area contributed by atoms with E-state index in [0.29, 0.717) is 0 Å². The summed E-state index contributed by atoms with van der Waals surface area (Å²) in [6, 6.07) is 0. The third-order valence-corrected chi connectivity index (χ3v) is 363. The van der Waals surface area contributed by atoms with Crippen LogP contribution in [-0.4, -0.2) is 0 Å². The normalized spacial score (nSPS) is 107. The zero-order valence-corrected chi connectivity index (χ0v) is 13.9. The summed E-state index contributed by atoms with van der Waals surface area (Å²) in [4.78, 5) is 0. The molecule has 0 nitrogen and oxygen atoms in total. The maximum Gasteiger partial charge on any atom is 0 e. The van der Waals surface area contributed by atoms with Gasteiger partial charge in [0, 0.05) is 16.8 Å². The van der Waals surface area contributed by atoms with Gasteiger partial charge in [-0.3, -0.25) is 0 Å². The summed E-state index contributed by atoms with van der Waals surface area (Å²) in [5.74, 6) is 0. The summed E-state index contributed by atoms with van der Waals surface area (Å²) >= 11 is 0. The van der Waals surface area contributed by atoms with Gasteiger partial charge in [0.25, 0.3) is 0 Å². The average molecular weight is 341 g/mol. The van der Waals surface area contributed by atoms with Crippen molar-refractivity contribution in [3.05, 3.63) is 0 Å². The topological polar surface area (TPSA) is 0 Å². The van der Waals surface area contributed by atoms with Crippen molar-refractivity contribution < 1.29 is 16.8 Å². The van der Waals surface area contributed by atoms with Crippen molar-refractivity contribution in [1.82, 2.24) is 0 Å². The Hall–Kier alpha value is 4.38. The molecule has 0 amide bonds. The van der Waals surface area contributed by atoms with Crippen LogP contribution >= 0.6 is 60.0 Å². The standard InChI is InChI=1S/Co.H3P9/c;1-4-6-7(1)2-5-8(4,7)3-9(5,6,7)8/h;1-3H. The first-order chi connectivity index (χ1) is 4.31. The third-order valence-electron chi connectivity index (χ3n) is 4.73. The van der Waals surface area contributed by atoms with E-state index in [9.17, 15) is 0 Å². The molecule has 10 aliphatic rings. The van der Waals surface area contributed by atoms with E-state index < -0.39 is 0 Å². The Morgan fingerprint density at radius 2 is 1.90 bits per heavy atom. The van der Waals surface area contributed by atoms with E-state index >= 15 is 0 Å². The molecule has 0 aromatic rings. The average Bonchev–Trinajstić information content (AvgIpc) is 2.52. The SMILES string of the molecule is P1P2P3P145PP1P246PP3156.[Co]. The molecular formula is H3CoP9. The summed E-state index contributed by atoms with van der Waals surface area (Å²) in [5, 5.41) is 0.0473. The minimum Gasteiger partial charge on any atom is 0 e. The Bertz CT molecular complexity index is 387. The second-order valence-corrected chi connectivity index (χ2v) is 108. The Labute approximate surface area is 76.3 Å². The molecule has 6 unspecified atom stereocenters. The van der Waals surface area contributed by atoms with Gasteiger partial charge in [-0.05, 0) is 0 Å². The van der Waals surface area contributed by atoms with E-state index in [1.165, 1.54) is 14.0 Å². The predicted molar refractivity (Wildman–Crippen MR) is 66.5 cm³/mol. The number of hydrogen-bond acceptors (Lipinski definition) is 0. The van der Waals surface area contributed by atoms with Crippen molar-refractivity contribution in [3.8, 4) is 0 Å². The van der Waals surface area contributed by atoms with Gasteiger partial charge in [0.1, 0.15) is 0 Å². The molecule has 57 valence electrons. The van der Waals surface area contributed by atoms with Gasteiger partial charge in [-0.15, -0.1) is 0 Å². The van der Waals surface area contributed by atoms with Crippen molar-refractivity contribution in [2.75, 3.05) is 0 Å². The van der Waals surface area contributed by atoms with Crippen molar-refractivity contribution in [3.63, 3.8) is 0 Å². The fraction of sp³-hybridized carbons (Fsp3) is 0. The molecular weight excluding hydrogens is 338 g/mol. The molecule has 10 fully saturated rings. The first kappa shape index (κ1) is 6.85. The fourth-order valence-corrected chi connectivity index (χ4v) is 1010. The Morgan fingerprint density at radius 3 is 1.90 bits per heavy atom. The summed E-state index contributed by atoms with van der Waals surface area (Å²) in [7, 11) is 5.70. The zero-order valence-electron chi connectivity index (χ0n) is 4.52. The molecule has 10 heteroatoms. The van der Waals surface area contributed by atoms with E-state index in [0.717, 1.165) is 6.99 Å². The Kier molecular flexibility index (Phi) is 0.653. The van der Waals surface area contributed by atoms with Gasteiger partial charge in [-0.25, -0.2) is 0 Å². The molecule has 0 aliphatic carbocycles. The second-order valence-electron chi connectivity index (χ2n) is 4.00. The minimum absolute atomic E-state index is 0. The van der Waals surface area contributed by atoms with Gasteiger partial charge < -0.3 is 0 Å². The van der Waals surface area contributed by atoms with Crippen LogP contribution in [0, 0.1) is 0 Å². The van der Waals surface area contributed by atoms with Crippen molar-refractivity contribution in [2.45, 2.75) is 0 Å². The van der Waals surface area contributed by atoms with E-state index in [1.54, 1.807) is 0 Å². The number of hydrogen-bond donors (Lipinski definition) is 0. The van der Waals surface area contributed by atoms with Crippen LogP contribution in [0.1, 0.15) is 0 Å². The molecule has 10 heterocycles. The molecule has 0 aromatic carbocycles. The zero-order chi connectivity index (χ0) is 5.20. The van der Waals surface area contributed by atoms with Crippen LogP contribution in [0.15, 0.2) is 0 Å². The van der Waals surface area contributed by atoms with Crippen LogP contribution in [0.3, 0.4) is 0 Å². The van der Waals surface area contributed by atoms with Crippen LogP contribution < -0.4 is 0 Å². The van der Waals surface area contributed by atoms with Gasteiger partial charge in [0.05, 0.1) is 0 Å². The maximum atomic E-state index is 1.95. The van der Waals surface area contributed by atoms with E-state index in [4.69, 9.17) is 0 Å². The summed E-state index contributed by atoms with van der Waals surface area (Å²) in [6.45, 7) is 3.58. The predicted octanol–water partition coefficient (Wildman–Crippen LogP) is 6.95. The summed E-state index contributed by atoms with van der Waals surface area (Å²) < 4.78 is 0. The van der Waals surface area contributed by atoms with Crippen LogP contribution in [0.5, 0.6) is 0 Å². The first-order valence-electron chi connectivity index (χ1n) is 3.14. The van der Waals surface area contributed by atoms with E-state index in [-0.39, 0.29) is 31.9 Å². The molecule has 3 spiro atoms. The van der Waals surface area contributed by atoms with Crippen molar-refractivity contribution in [2.24, 2.45) is 0 Å². The number of rotatable bonds is 0. The molecule has 6 atom stereocenters. The molecule has 10 rings (SSSR count). The second kappa shape index (κ2) is 0.953. The molecule has 10 saturated heterocycles. The molecule has 10 heavy (non-hydrogen) atoms. The van der Waals surface area contributed by atoms with Crippen molar-refractivity contribution in [1.29, 1.82) is 0 Å². The van der Waals surface area contributed by atoms with Gasteiger partial charge >= 0.3 is 60.0 Å². The smallest absolute Gasteiger partial charge is 0 e. The third kappa shape index (κ3) is 0.136. The fourth-order valence-electron chi connectivity index (χ4n) is 4.45. The van der Waals surface area contributed by atoms with Gasteiger partial charge in [-0.1, -0.05) is 0 Å². The summed E-state index contributed by atoms with van der Waals surface area (Å²) in [5.41, 5.74) is 0. The van der Waals surface area contributed by atoms with Crippen LogP contribution in [-0.2, 0) is 16.8 Å². The van der Waals surface area contributed by atoms with E-state index in [1.807, 2.05) is 23.9 Å². The summed E-state index contributed by atoms with van der Waals surface area (Å²) in [6.07, 6.45) is 0. The molecule has 0 aromatic heterocycles. The molecule has 1 radical (unpaired) electrons. The van der Waals surface area contributed by atoms with Gasteiger partial charge in [0.2, 0.25) is 0 Å². The van der Waals surface area contributed by atoms with Gasteiger partial charge in [-0.2, -0.15) is 0 Å². The largest absolute Gasteiger partial charge is 0 e. The van der Waals surface area contributed by atoms with Crippen LogP contribution in [0.25, 0.3) is 0 Å². The molecule has 0 saturated carbocycles. The molecule has 10 aliphatic heterocycles. The van der Waals surface area contributed by atoms with Gasteiger partial charge in [0.15, 0.2) is 0 Å². The molecule has 0 N–H and O–H groups in total. The van der Waals surface area contributed by atoms with Crippen LogP contribution in [0.4, 0.5) is 0 Å². The monoisotopic (exact) mass is 341 g/mol.